The summed E-state index contributed by atoms with van der Waals surface area (Å²) < 4.78 is 0. The van der Waals surface area contributed by atoms with E-state index in [1.54, 1.807) is 17.1 Å². The lowest BCUT2D eigenvalue weighted by Crippen LogP contribution is -2.38. The zero-order valence-corrected chi connectivity index (χ0v) is 18.9. The summed E-state index contributed by atoms with van der Waals surface area (Å²) in [6, 6.07) is 24.7. The Labute approximate surface area is 199 Å². The van der Waals surface area contributed by atoms with Crippen LogP contribution >= 0.6 is 0 Å². The van der Waals surface area contributed by atoms with Crippen molar-refractivity contribution in [2.45, 2.75) is 44.4 Å². The molecule has 3 aromatic carbocycles. The molecule has 1 aliphatic rings. The van der Waals surface area contributed by atoms with Crippen LogP contribution in [0.3, 0.4) is 0 Å². The Morgan fingerprint density at radius 1 is 0.882 bits per heavy atom. The molecule has 0 heterocycles. The third-order valence-corrected chi connectivity index (χ3v) is 6.29. The molecule has 1 atom stereocenters. The summed E-state index contributed by atoms with van der Waals surface area (Å²) in [4.78, 5) is 36.2. The average molecular weight is 457 g/mol. The van der Waals surface area contributed by atoms with Crippen molar-refractivity contribution in [2.75, 3.05) is 5.01 Å². The normalized spacial score (nSPS) is 14.6. The lowest BCUT2D eigenvalue weighted by atomic mass is 9.78. The number of Topliss-reactive ketones (excluding diaryl/α,β-unsaturated/α-hetero) is 1. The highest BCUT2D eigenvalue weighted by atomic mass is 16.4. The Morgan fingerprint density at radius 2 is 1.53 bits per heavy atom. The lowest BCUT2D eigenvalue weighted by Gasteiger charge is -2.27. The van der Waals surface area contributed by atoms with Gasteiger partial charge in [0.25, 0.3) is 5.78 Å². The molecule has 0 radical (unpaired) electrons. The molecule has 1 aliphatic carbocycles. The average Bonchev–Trinajstić information content (AvgIpc) is 2.87. The summed E-state index contributed by atoms with van der Waals surface area (Å²) in [5.41, 5.74) is 6.98. The van der Waals surface area contributed by atoms with Crippen molar-refractivity contribution < 1.29 is 19.5 Å². The molecule has 0 saturated heterocycles. The molecule has 34 heavy (non-hydrogen) atoms. The molecule has 6 heteroatoms. The van der Waals surface area contributed by atoms with Gasteiger partial charge in [0.05, 0.1) is 11.4 Å². The molecule has 0 saturated carbocycles. The van der Waals surface area contributed by atoms with Gasteiger partial charge in [0.15, 0.2) is 0 Å². The number of carboxylic acid groups (broad SMARTS) is 1. The second-order valence-electron chi connectivity index (χ2n) is 8.53. The van der Waals surface area contributed by atoms with E-state index in [-0.39, 0.29) is 11.8 Å². The summed E-state index contributed by atoms with van der Waals surface area (Å²) >= 11 is 0. The number of nitrogens with zero attached hydrogens (tertiary/aromatic N) is 1. The SMILES string of the molecule is O=C(CCCC1CCCc2c(C(=O)C(=O)O)cccc21)NN(c1ccccc1)c1ccccc1. The van der Waals surface area contributed by atoms with E-state index in [1.807, 2.05) is 66.7 Å². The van der Waals surface area contributed by atoms with Crippen LogP contribution in [0.1, 0.15) is 59.5 Å². The van der Waals surface area contributed by atoms with Crippen molar-refractivity contribution in [1.29, 1.82) is 0 Å². The molecular formula is C28H28N2O4. The number of amides is 1. The molecule has 174 valence electrons. The first-order valence-corrected chi connectivity index (χ1v) is 11.6. The number of carboxylic acids is 1. The Balaban J connectivity index is 1.40. The molecule has 3 aromatic rings. The first-order chi connectivity index (χ1) is 16.5. The molecule has 6 nitrogen and oxygen atoms in total. The van der Waals surface area contributed by atoms with Crippen LogP contribution < -0.4 is 10.4 Å². The topological polar surface area (TPSA) is 86.7 Å². The van der Waals surface area contributed by atoms with Crippen LogP contribution in [-0.2, 0) is 16.0 Å². The fraction of sp³-hybridized carbons (Fsp3) is 0.250. The van der Waals surface area contributed by atoms with Crippen molar-refractivity contribution >= 4 is 29.0 Å². The van der Waals surface area contributed by atoms with Gasteiger partial charge < -0.3 is 5.11 Å². The van der Waals surface area contributed by atoms with Gasteiger partial charge >= 0.3 is 5.97 Å². The number of rotatable bonds is 9. The molecular weight excluding hydrogens is 428 g/mol. The van der Waals surface area contributed by atoms with Gasteiger partial charge in [-0.1, -0.05) is 54.6 Å². The maximum absolute atomic E-state index is 12.8. The van der Waals surface area contributed by atoms with E-state index in [9.17, 15) is 14.4 Å². The van der Waals surface area contributed by atoms with Gasteiger partial charge in [-0.3, -0.25) is 20.0 Å². The van der Waals surface area contributed by atoms with Crippen LogP contribution in [0.5, 0.6) is 0 Å². The Bertz CT molecular complexity index is 1120. The van der Waals surface area contributed by atoms with Crippen molar-refractivity contribution in [2.24, 2.45) is 0 Å². The zero-order valence-electron chi connectivity index (χ0n) is 18.9. The number of carbonyl (C=O) groups is 3. The van der Waals surface area contributed by atoms with Gasteiger partial charge in [-0.25, -0.2) is 4.79 Å². The van der Waals surface area contributed by atoms with E-state index in [0.29, 0.717) is 24.8 Å². The third-order valence-electron chi connectivity index (χ3n) is 6.29. The highest BCUT2D eigenvalue weighted by Crippen LogP contribution is 2.37. The number of hydrazine groups is 1. The van der Waals surface area contributed by atoms with E-state index >= 15 is 0 Å². The Hall–Kier alpha value is -3.93. The van der Waals surface area contributed by atoms with Crippen LogP contribution in [0.15, 0.2) is 78.9 Å². The van der Waals surface area contributed by atoms with E-state index in [1.165, 1.54) is 0 Å². The minimum Gasteiger partial charge on any atom is -0.475 e. The molecule has 0 bridgehead atoms. The van der Waals surface area contributed by atoms with E-state index in [0.717, 1.165) is 41.8 Å². The lowest BCUT2D eigenvalue weighted by molar-refractivity contribution is -0.131. The first-order valence-electron chi connectivity index (χ1n) is 11.6. The van der Waals surface area contributed by atoms with Crippen LogP contribution in [0.25, 0.3) is 0 Å². The minimum absolute atomic E-state index is 0.0708. The standard InChI is InChI=1S/C28H28N2O4/c31-26(29-30(21-12-3-1-4-13-21)22-14-5-2-6-15-22)19-8-11-20-10-7-17-24-23(20)16-9-18-25(24)27(32)28(33)34/h1-6,9,12-16,18,20H,7-8,10-11,17,19H2,(H,29,31)(H,33,34). The maximum atomic E-state index is 12.8. The molecule has 0 spiro atoms. The summed E-state index contributed by atoms with van der Waals surface area (Å²) in [6.45, 7) is 0. The van der Waals surface area contributed by atoms with Crippen molar-refractivity contribution in [3.05, 3.63) is 95.6 Å². The van der Waals surface area contributed by atoms with Crippen molar-refractivity contribution in [3.8, 4) is 0 Å². The van der Waals surface area contributed by atoms with Gasteiger partial charge in [0, 0.05) is 12.0 Å². The molecule has 1 amide bonds. The molecule has 0 aromatic heterocycles. The predicted molar refractivity (Wildman–Crippen MR) is 131 cm³/mol. The highest BCUT2D eigenvalue weighted by Gasteiger charge is 2.26. The number of aliphatic carboxylic acids is 1. The number of hydrogen-bond donors (Lipinski definition) is 2. The molecule has 2 N–H and O–H groups in total. The largest absolute Gasteiger partial charge is 0.475 e. The Kier molecular flexibility index (Phi) is 7.38. The van der Waals surface area contributed by atoms with Gasteiger partial charge in [-0.05, 0) is 73.4 Å². The van der Waals surface area contributed by atoms with Crippen molar-refractivity contribution in [1.82, 2.24) is 5.43 Å². The smallest absolute Gasteiger partial charge is 0.377 e. The number of nitrogens with one attached hydrogen (secondary N) is 1. The molecule has 4 rings (SSSR count). The van der Waals surface area contributed by atoms with E-state index in [2.05, 4.69) is 5.43 Å². The molecule has 0 aliphatic heterocycles. The Morgan fingerprint density at radius 3 is 2.15 bits per heavy atom. The second kappa shape index (κ2) is 10.8. The van der Waals surface area contributed by atoms with E-state index < -0.39 is 11.8 Å². The highest BCUT2D eigenvalue weighted by molar-refractivity contribution is 6.40. The predicted octanol–water partition coefficient (Wildman–Crippen LogP) is 5.41. The number of fused-ring (bicyclic) bond motifs is 1. The summed E-state index contributed by atoms with van der Waals surface area (Å²) in [5, 5.41) is 10.9. The van der Waals surface area contributed by atoms with Gasteiger partial charge in [-0.2, -0.15) is 0 Å². The van der Waals surface area contributed by atoms with Crippen LogP contribution in [0, 0.1) is 0 Å². The minimum atomic E-state index is -1.42. The number of carbonyl (C=O) groups excluding carboxylic acids is 2. The number of ketones is 1. The second-order valence-corrected chi connectivity index (χ2v) is 8.53. The third kappa shape index (κ3) is 5.34. The summed E-state index contributed by atoms with van der Waals surface area (Å²) in [6.07, 6.45) is 4.47. The number of anilines is 2. The fourth-order valence-electron chi connectivity index (χ4n) is 4.70. The fourth-order valence-corrected chi connectivity index (χ4v) is 4.70. The first kappa shape index (κ1) is 23.2. The van der Waals surface area contributed by atoms with Gasteiger partial charge in [0.1, 0.15) is 0 Å². The summed E-state index contributed by atoms with van der Waals surface area (Å²) in [5.74, 6) is -2.12. The van der Waals surface area contributed by atoms with Gasteiger partial charge in [-0.15, -0.1) is 0 Å². The quantitative estimate of drug-likeness (QED) is 0.255. The van der Waals surface area contributed by atoms with Crippen LogP contribution in [-0.4, -0.2) is 22.8 Å². The summed E-state index contributed by atoms with van der Waals surface area (Å²) in [7, 11) is 0. The molecule has 1 unspecified atom stereocenters. The monoisotopic (exact) mass is 456 g/mol. The maximum Gasteiger partial charge on any atom is 0.377 e. The number of hydrogen-bond acceptors (Lipinski definition) is 4. The number of para-hydroxylation sites is 2. The van der Waals surface area contributed by atoms with Crippen LogP contribution in [0.2, 0.25) is 0 Å². The molecule has 0 fully saturated rings. The zero-order chi connectivity index (χ0) is 23.9. The van der Waals surface area contributed by atoms with Crippen LogP contribution in [0.4, 0.5) is 11.4 Å². The van der Waals surface area contributed by atoms with Gasteiger partial charge in [0.2, 0.25) is 5.91 Å². The van der Waals surface area contributed by atoms with E-state index in [4.69, 9.17) is 5.11 Å². The van der Waals surface area contributed by atoms with Crippen molar-refractivity contribution in [3.63, 3.8) is 0 Å². The number of benzene rings is 3.